The minimum Gasteiger partial charge on any atom is -0.330 e. The fourth-order valence-electron chi connectivity index (χ4n) is 1.90. The van der Waals surface area contributed by atoms with Gasteiger partial charge in [0.25, 0.3) is 0 Å². The van der Waals surface area contributed by atoms with Crippen LogP contribution in [0.25, 0.3) is 0 Å². The Morgan fingerprint density at radius 3 is 3.15 bits per heavy atom. The molecule has 0 fully saturated rings. The Morgan fingerprint density at radius 1 is 1.54 bits per heavy atom. The van der Waals surface area contributed by atoms with Gasteiger partial charge >= 0.3 is 0 Å². The fraction of sp³-hybridized carbons (Fsp3) is 0.750. The summed E-state index contributed by atoms with van der Waals surface area (Å²) in [7, 11) is 0. The lowest BCUT2D eigenvalue weighted by Gasteiger charge is -2.22. The van der Waals surface area contributed by atoms with Crippen molar-refractivity contribution < 1.29 is 0 Å². The zero-order valence-corrected chi connectivity index (χ0v) is 9.00. The zero-order chi connectivity index (χ0) is 9.26. The molecule has 0 radical (unpaired) electrons. The molecule has 1 unspecified atom stereocenters. The highest BCUT2D eigenvalue weighted by atomic mass is 79.9. The van der Waals surface area contributed by atoms with Crippen LogP contribution in [0.5, 0.6) is 0 Å². The highest BCUT2D eigenvalue weighted by Crippen LogP contribution is 2.29. The van der Waals surface area contributed by atoms with E-state index in [1.165, 1.54) is 12.8 Å². The first-order chi connectivity index (χ1) is 6.33. The molecule has 0 amide bonds. The van der Waals surface area contributed by atoms with Crippen LogP contribution in [0.4, 0.5) is 0 Å². The Balaban J connectivity index is 2.27. The average Bonchev–Trinajstić information content (AvgIpc) is 2.50. The standard InChI is InChI=1S/C8H13BrN4/c9-8-12-11-7-6(3-4-10)2-1-5-13(7)8/h6H,1-5,10H2. The fourth-order valence-corrected chi connectivity index (χ4v) is 2.34. The monoisotopic (exact) mass is 244 g/mol. The summed E-state index contributed by atoms with van der Waals surface area (Å²) in [5.41, 5.74) is 5.55. The van der Waals surface area contributed by atoms with E-state index in [2.05, 4.69) is 30.7 Å². The third kappa shape index (κ3) is 1.62. The van der Waals surface area contributed by atoms with Crippen molar-refractivity contribution in [2.75, 3.05) is 6.54 Å². The van der Waals surface area contributed by atoms with E-state index < -0.39 is 0 Å². The summed E-state index contributed by atoms with van der Waals surface area (Å²) in [6.07, 6.45) is 3.42. The molecule has 2 N–H and O–H groups in total. The maximum absolute atomic E-state index is 5.55. The number of halogens is 1. The molecule has 0 aromatic carbocycles. The van der Waals surface area contributed by atoms with Gasteiger partial charge in [-0.05, 0) is 41.7 Å². The first-order valence-corrected chi connectivity index (χ1v) is 5.41. The minimum absolute atomic E-state index is 0.512. The molecule has 0 saturated heterocycles. The van der Waals surface area contributed by atoms with E-state index in [4.69, 9.17) is 5.73 Å². The van der Waals surface area contributed by atoms with Crippen molar-refractivity contribution in [2.24, 2.45) is 5.73 Å². The molecule has 2 rings (SSSR count). The molecule has 0 saturated carbocycles. The van der Waals surface area contributed by atoms with Crippen molar-refractivity contribution in [3.63, 3.8) is 0 Å². The van der Waals surface area contributed by atoms with E-state index in [0.29, 0.717) is 5.92 Å². The molecular weight excluding hydrogens is 232 g/mol. The number of aromatic nitrogens is 3. The van der Waals surface area contributed by atoms with Crippen molar-refractivity contribution in [3.05, 3.63) is 10.6 Å². The van der Waals surface area contributed by atoms with Crippen LogP contribution in [0.1, 0.15) is 31.0 Å². The second kappa shape index (κ2) is 3.75. The second-order valence-electron chi connectivity index (χ2n) is 3.40. The van der Waals surface area contributed by atoms with Gasteiger partial charge < -0.3 is 10.3 Å². The second-order valence-corrected chi connectivity index (χ2v) is 4.10. The normalized spacial score (nSPS) is 21.5. The van der Waals surface area contributed by atoms with Crippen LogP contribution in [0, 0.1) is 0 Å². The molecule has 5 heteroatoms. The smallest absolute Gasteiger partial charge is 0.200 e. The van der Waals surface area contributed by atoms with Crippen molar-refractivity contribution in [2.45, 2.75) is 31.7 Å². The lowest BCUT2D eigenvalue weighted by atomic mass is 9.96. The van der Waals surface area contributed by atoms with Gasteiger partial charge in [0.2, 0.25) is 0 Å². The maximum Gasteiger partial charge on any atom is 0.200 e. The summed E-state index contributed by atoms with van der Waals surface area (Å²) in [6.45, 7) is 1.76. The van der Waals surface area contributed by atoms with Crippen LogP contribution in [-0.2, 0) is 6.54 Å². The van der Waals surface area contributed by atoms with E-state index >= 15 is 0 Å². The molecule has 1 aromatic rings. The molecule has 1 atom stereocenters. The van der Waals surface area contributed by atoms with Crippen LogP contribution < -0.4 is 5.73 Å². The molecule has 13 heavy (non-hydrogen) atoms. The van der Waals surface area contributed by atoms with Crippen molar-refractivity contribution in [3.8, 4) is 0 Å². The largest absolute Gasteiger partial charge is 0.330 e. The first kappa shape index (κ1) is 9.15. The molecule has 2 heterocycles. The Kier molecular flexibility index (Phi) is 2.64. The number of fused-ring (bicyclic) bond motifs is 1. The van der Waals surface area contributed by atoms with Gasteiger partial charge in [0.05, 0.1) is 0 Å². The van der Waals surface area contributed by atoms with Crippen LogP contribution in [0.3, 0.4) is 0 Å². The van der Waals surface area contributed by atoms with Gasteiger partial charge in [0, 0.05) is 12.5 Å². The summed E-state index contributed by atoms with van der Waals surface area (Å²) < 4.78 is 2.99. The highest BCUT2D eigenvalue weighted by Gasteiger charge is 2.23. The Morgan fingerprint density at radius 2 is 2.38 bits per heavy atom. The van der Waals surface area contributed by atoms with Gasteiger partial charge in [-0.15, -0.1) is 10.2 Å². The Bertz CT molecular complexity index is 296. The number of hydrogen-bond donors (Lipinski definition) is 1. The van der Waals surface area contributed by atoms with Gasteiger partial charge in [0.15, 0.2) is 4.73 Å². The topological polar surface area (TPSA) is 56.7 Å². The number of nitrogens with two attached hydrogens (primary N) is 1. The molecule has 0 aliphatic carbocycles. The lowest BCUT2D eigenvalue weighted by Crippen LogP contribution is -2.18. The van der Waals surface area contributed by atoms with E-state index in [-0.39, 0.29) is 0 Å². The predicted molar refractivity (Wildman–Crippen MR) is 53.4 cm³/mol. The number of rotatable bonds is 2. The summed E-state index contributed by atoms with van der Waals surface area (Å²) in [5.74, 6) is 1.61. The Hall–Kier alpha value is -0.420. The number of hydrogen-bond acceptors (Lipinski definition) is 3. The molecule has 72 valence electrons. The first-order valence-electron chi connectivity index (χ1n) is 4.61. The lowest BCUT2D eigenvalue weighted by molar-refractivity contribution is 0.424. The third-order valence-electron chi connectivity index (χ3n) is 2.55. The van der Waals surface area contributed by atoms with Gasteiger partial charge in [0.1, 0.15) is 5.82 Å². The average molecular weight is 245 g/mol. The van der Waals surface area contributed by atoms with Gasteiger partial charge in [-0.1, -0.05) is 0 Å². The zero-order valence-electron chi connectivity index (χ0n) is 7.41. The van der Waals surface area contributed by atoms with Crippen LogP contribution in [-0.4, -0.2) is 21.3 Å². The Labute approximate surface area is 85.6 Å². The SMILES string of the molecule is NCCC1CCCn2c(Br)nnc21. The molecule has 4 nitrogen and oxygen atoms in total. The van der Waals surface area contributed by atoms with E-state index in [9.17, 15) is 0 Å². The summed E-state index contributed by atoms with van der Waals surface area (Å²) in [5, 5.41) is 8.19. The molecule has 0 bridgehead atoms. The predicted octanol–water partition coefficient (Wildman–Crippen LogP) is 1.27. The van der Waals surface area contributed by atoms with Crippen molar-refractivity contribution >= 4 is 15.9 Å². The molecular formula is C8H13BrN4. The summed E-state index contributed by atoms with van der Waals surface area (Å²) in [6, 6.07) is 0. The molecule has 0 spiro atoms. The van der Waals surface area contributed by atoms with Crippen molar-refractivity contribution in [1.82, 2.24) is 14.8 Å². The van der Waals surface area contributed by atoms with Crippen LogP contribution in [0.2, 0.25) is 0 Å². The van der Waals surface area contributed by atoms with Gasteiger partial charge in [-0.3, -0.25) is 0 Å². The van der Waals surface area contributed by atoms with E-state index in [0.717, 1.165) is 30.1 Å². The van der Waals surface area contributed by atoms with E-state index in [1.54, 1.807) is 0 Å². The maximum atomic E-state index is 5.55. The van der Waals surface area contributed by atoms with Gasteiger partial charge in [-0.2, -0.15) is 0 Å². The third-order valence-corrected chi connectivity index (χ3v) is 3.14. The minimum atomic E-state index is 0.512. The molecule has 1 aromatic heterocycles. The molecule has 1 aliphatic rings. The quantitative estimate of drug-likeness (QED) is 0.853. The number of nitrogens with zero attached hydrogens (tertiary/aromatic N) is 3. The van der Waals surface area contributed by atoms with Crippen molar-refractivity contribution in [1.29, 1.82) is 0 Å². The molecule has 1 aliphatic heterocycles. The van der Waals surface area contributed by atoms with Crippen LogP contribution >= 0.6 is 15.9 Å². The van der Waals surface area contributed by atoms with Crippen LogP contribution in [0.15, 0.2) is 4.73 Å². The highest BCUT2D eigenvalue weighted by molar-refractivity contribution is 9.10. The summed E-state index contributed by atoms with van der Waals surface area (Å²) in [4.78, 5) is 0. The summed E-state index contributed by atoms with van der Waals surface area (Å²) >= 11 is 3.39. The van der Waals surface area contributed by atoms with Gasteiger partial charge in [-0.25, -0.2) is 0 Å². The van der Waals surface area contributed by atoms with E-state index in [1.807, 2.05) is 0 Å².